The van der Waals surface area contributed by atoms with Crippen LogP contribution in [-0.4, -0.2) is 26.5 Å². The van der Waals surface area contributed by atoms with E-state index in [-0.39, 0.29) is 0 Å². The molecule has 0 radical (unpaired) electrons. The Labute approximate surface area is 49.7 Å². The normalized spacial score (nSPS) is 18.7. The van der Waals surface area contributed by atoms with Crippen LogP contribution in [0.3, 0.4) is 0 Å². The van der Waals surface area contributed by atoms with Crippen molar-refractivity contribution in [3.05, 3.63) is 0 Å². The van der Waals surface area contributed by atoms with Crippen LogP contribution in [0.4, 0.5) is 16.9 Å². The summed E-state index contributed by atoms with van der Waals surface area (Å²) in [7, 11) is 1.75. The molecule has 0 heterocycles. The maximum atomic E-state index is 9.93. The van der Waals surface area contributed by atoms with E-state index in [4.69, 9.17) is 0 Å². The molecule has 0 bridgehead atoms. The van der Waals surface area contributed by atoms with Crippen LogP contribution >= 0.6 is 0 Å². The number of hydrogen-bond donors (Lipinski definition) is 1. The third-order valence-corrected chi connectivity index (χ3v) is 0. The Kier molecular flexibility index (Phi) is 2.57. The van der Waals surface area contributed by atoms with Gasteiger partial charge in [0.2, 0.25) is 0 Å². The van der Waals surface area contributed by atoms with E-state index in [2.05, 4.69) is 5.73 Å². The van der Waals surface area contributed by atoms with Crippen LogP contribution in [0.1, 0.15) is 0 Å². The second kappa shape index (κ2) is 1.92. The van der Waals surface area contributed by atoms with Crippen molar-refractivity contribution in [2.45, 2.75) is 0 Å². The molecular formula is CH6F6NSb. The van der Waals surface area contributed by atoms with Gasteiger partial charge in [0.15, 0.2) is 0 Å². The number of halogens is 6. The zero-order valence-electron chi connectivity index (χ0n) is 4.42. The first-order valence-electron chi connectivity index (χ1n) is 1.72. The SMILES string of the molecule is C[NH3+].[F][Sb-]([F])([F])([F])([F])[F]. The fourth-order valence-corrected chi connectivity index (χ4v) is 0. The predicted octanol–water partition coefficient (Wildman–Crippen LogP) is 0.999. The van der Waals surface area contributed by atoms with E-state index < -0.39 is 19.5 Å². The molecule has 9 heavy (non-hydrogen) atoms. The molecule has 8 heteroatoms. The Morgan fingerprint density at radius 3 is 0.778 bits per heavy atom. The van der Waals surface area contributed by atoms with Crippen molar-refractivity contribution < 1.29 is 22.6 Å². The summed E-state index contributed by atoms with van der Waals surface area (Å²) in [6.45, 7) is 0. The van der Waals surface area contributed by atoms with E-state index >= 15 is 0 Å². The van der Waals surface area contributed by atoms with Gasteiger partial charge >= 0.3 is 36.4 Å². The molecule has 3 N–H and O–H groups in total. The third-order valence-electron chi connectivity index (χ3n) is 0. The maximum absolute atomic E-state index is 11.2. The molecule has 0 aliphatic heterocycles. The van der Waals surface area contributed by atoms with Gasteiger partial charge in [0.05, 0.1) is 7.05 Å². The van der Waals surface area contributed by atoms with E-state index in [0.717, 1.165) is 0 Å². The minimum absolute atomic E-state index is 1.75. The molecule has 0 amide bonds. The Bertz CT molecular complexity index is 71.6. The molecule has 0 saturated carbocycles. The topological polar surface area (TPSA) is 27.6 Å². The number of quaternary nitrogens is 1. The van der Waals surface area contributed by atoms with Crippen molar-refractivity contribution in [2.75, 3.05) is 7.05 Å². The van der Waals surface area contributed by atoms with E-state index in [1.165, 1.54) is 0 Å². The van der Waals surface area contributed by atoms with Crippen molar-refractivity contribution in [3.8, 4) is 0 Å². The van der Waals surface area contributed by atoms with Crippen LogP contribution in [0.5, 0.6) is 0 Å². The molecule has 0 aromatic heterocycles. The van der Waals surface area contributed by atoms with Gasteiger partial charge in [0.1, 0.15) is 0 Å². The van der Waals surface area contributed by atoms with Gasteiger partial charge in [-0.05, 0) is 0 Å². The summed E-state index contributed by atoms with van der Waals surface area (Å²) in [6.07, 6.45) is 0. The molecule has 0 fully saturated rings. The number of hydrogen-bond acceptors (Lipinski definition) is 0. The summed E-state index contributed by atoms with van der Waals surface area (Å²) in [6, 6.07) is 0. The van der Waals surface area contributed by atoms with Crippen molar-refractivity contribution in [2.24, 2.45) is 0 Å². The molecule has 0 atom stereocenters. The molecule has 62 valence electrons. The fraction of sp³-hybridized carbons (Fsp3) is 1.00. The van der Waals surface area contributed by atoms with Gasteiger partial charge in [-0.15, -0.1) is 0 Å². The summed E-state index contributed by atoms with van der Waals surface area (Å²) in [5.41, 5.74) is 3.25. The second-order valence-corrected chi connectivity index (χ2v) is 6.43. The van der Waals surface area contributed by atoms with Gasteiger partial charge in [0, 0.05) is 0 Å². The molecule has 0 aliphatic carbocycles. The molecule has 1 nitrogen and oxygen atoms in total. The monoisotopic (exact) mass is 267 g/mol. The molecule has 0 aliphatic rings. The first-order valence-corrected chi connectivity index (χ1v) is 7.51. The molecule has 0 aromatic carbocycles. The zero-order valence-corrected chi connectivity index (χ0v) is 6.97. The molecule has 0 aromatic rings. The minimum atomic E-state index is -11.2. The second-order valence-electron chi connectivity index (χ2n) is 0.958. The quantitative estimate of drug-likeness (QED) is 0.501. The Morgan fingerprint density at radius 1 is 0.778 bits per heavy atom. The van der Waals surface area contributed by atoms with Gasteiger partial charge < -0.3 is 5.73 Å². The van der Waals surface area contributed by atoms with Crippen molar-refractivity contribution >= 4 is 19.5 Å². The van der Waals surface area contributed by atoms with Crippen molar-refractivity contribution in [1.29, 1.82) is 0 Å². The van der Waals surface area contributed by atoms with E-state index in [9.17, 15) is 16.9 Å². The third kappa shape index (κ3) is 2630. The standard InChI is InChI=1S/CH5N.6FH.Sb/c1-2;;;;;;;/h2H2,1H3;6*1H;/q;;;;;;;+5/p-5. The van der Waals surface area contributed by atoms with Gasteiger partial charge in [-0.25, -0.2) is 0 Å². The first-order chi connectivity index (χ1) is 3.45. The van der Waals surface area contributed by atoms with Crippen LogP contribution < -0.4 is 5.73 Å². The fourth-order valence-electron chi connectivity index (χ4n) is 0. The van der Waals surface area contributed by atoms with Crippen LogP contribution in [0.2, 0.25) is 0 Å². The average Bonchev–Trinajstić information content (AvgIpc) is 1.30. The molecule has 0 saturated heterocycles. The van der Waals surface area contributed by atoms with E-state index in [0.29, 0.717) is 0 Å². The van der Waals surface area contributed by atoms with E-state index in [1.54, 1.807) is 7.05 Å². The summed E-state index contributed by atoms with van der Waals surface area (Å²) in [5.74, 6) is 0. The Hall–Kier alpha value is 0.358. The van der Waals surface area contributed by atoms with Gasteiger partial charge in [-0.3, -0.25) is 0 Å². The molecule has 0 unspecified atom stereocenters. The Morgan fingerprint density at radius 2 is 0.778 bits per heavy atom. The average molecular weight is 268 g/mol. The molecule has 0 rings (SSSR count). The summed E-state index contributed by atoms with van der Waals surface area (Å²) in [5, 5.41) is 0. The predicted molar refractivity (Wildman–Crippen MR) is 21.2 cm³/mol. The van der Waals surface area contributed by atoms with Crippen LogP contribution in [0, 0.1) is 0 Å². The summed E-state index contributed by atoms with van der Waals surface area (Å²) >= 11 is -11.2. The summed E-state index contributed by atoms with van der Waals surface area (Å²) < 4.78 is 59.6. The van der Waals surface area contributed by atoms with Crippen LogP contribution in [0.15, 0.2) is 0 Å². The van der Waals surface area contributed by atoms with Crippen molar-refractivity contribution in [1.82, 2.24) is 0 Å². The summed E-state index contributed by atoms with van der Waals surface area (Å²) in [4.78, 5) is 0. The van der Waals surface area contributed by atoms with Crippen molar-refractivity contribution in [3.63, 3.8) is 0 Å². The van der Waals surface area contributed by atoms with Gasteiger partial charge in [-0.2, -0.15) is 0 Å². The van der Waals surface area contributed by atoms with Gasteiger partial charge in [-0.1, -0.05) is 0 Å². The van der Waals surface area contributed by atoms with E-state index in [1.807, 2.05) is 0 Å². The zero-order chi connectivity index (χ0) is 8.41. The van der Waals surface area contributed by atoms with Crippen LogP contribution in [0.25, 0.3) is 0 Å². The molecular weight excluding hydrogens is 262 g/mol. The van der Waals surface area contributed by atoms with Crippen LogP contribution in [-0.2, 0) is 0 Å². The first kappa shape index (κ1) is 12.1. The van der Waals surface area contributed by atoms with Gasteiger partial charge in [0.25, 0.3) is 0 Å². The number of rotatable bonds is 0. The Balaban J connectivity index is 0. The molecule has 0 spiro atoms.